The molecule has 2 N–H and O–H groups in total. The Morgan fingerprint density at radius 3 is 2.57 bits per heavy atom. The molecule has 1 aliphatic carbocycles. The van der Waals surface area contributed by atoms with Gasteiger partial charge in [-0.1, -0.05) is 0 Å². The molecule has 0 atom stereocenters. The first-order valence-electron chi connectivity index (χ1n) is 10.4. The second-order valence-electron chi connectivity index (χ2n) is 7.94. The maximum Gasteiger partial charge on any atom is 0.224 e. The molecular formula is C22H32BrN5O2. The quantitative estimate of drug-likeness (QED) is 0.563. The van der Waals surface area contributed by atoms with Gasteiger partial charge in [-0.2, -0.15) is 4.98 Å². The molecule has 0 unspecified atom stereocenters. The van der Waals surface area contributed by atoms with E-state index in [1.54, 1.807) is 14.2 Å². The Balaban J connectivity index is 1.43. The topological polar surface area (TPSA) is 71.5 Å². The standard InChI is InChI=1S/C22H32BrN5O2/c1-28(2)20-9-10-25-22(27-20)26-17-7-5-15(6-8-17)13-24-14-16-11-18(23)21(30-4)19(12-16)29-3/h9-12,15,17,24H,5-8,13-14H2,1-4H3,(H,25,26,27). The van der Waals surface area contributed by atoms with E-state index in [0.717, 1.165) is 53.7 Å². The van der Waals surface area contributed by atoms with Gasteiger partial charge in [-0.25, -0.2) is 4.98 Å². The third kappa shape index (κ3) is 5.98. The van der Waals surface area contributed by atoms with Gasteiger partial charge in [-0.05, 0) is 77.8 Å². The molecule has 3 rings (SSSR count). The Labute approximate surface area is 187 Å². The van der Waals surface area contributed by atoms with Crippen LogP contribution in [0.4, 0.5) is 11.8 Å². The molecule has 8 heteroatoms. The van der Waals surface area contributed by atoms with Gasteiger partial charge >= 0.3 is 0 Å². The fraction of sp³-hybridized carbons (Fsp3) is 0.545. The van der Waals surface area contributed by atoms with Crippen LogP contribution < -0.4 is 25.0 Å². The molecule has 1 aromatic carbocycles. The number of methoxy groups -OCH3 is 2. The highest BCUT2D eigenvalue weighted by Crippen LogP contribution is 2.36. The average Bonchev–Trinajstić information content (AvgIpc) is 2.74. The summed E-state index contributed by atoms with van der Waals surface area (Å²) in [7, 11) is 7.29. The minimum atomic E-state index is 0.445. The van der Waals surface area contributed by atoms with Crippen molar-refractivity contribution in [2.75, 3.05) is 45.1 Å². The van der Waals surface area contributed by atoms with Gasteiger partial charge in [0.25, 0.3) is 0 Å². The molecule has 0 amide bonds. The zero-order valence-corrected chi connectivity index (χ0v) is 19.8. The van der Waals surface area contributed by atoms with E-state index in [4.69, 9.17) is 9.47 Å². The molecule has 7 nitrogen and oxygen atoms in total. The SMILES string of the molecule is COc1cc(CNCC2CCC(Nc3nccc(N(C)C)n3)CC2)cc(Br)c1OC. The first-order valence-corrected chi connectivity index (χ1v) is 11.2. The summed E-state index contributed by atoms with van der Waals surface area (Å²) in [5.74, 6) is 3.82. The van der Waals surface area contributed by atoms with Gasteiger partial charge in [0.2, 0.25) is 5.95 Å². The van der Waals surface area contributed by atoms with Crippen molar-refractivity contribution in [2.24, 2.45) is 5.92 Å². The molecule has 0 bridgehead atoms. The number of hydrogen-bond acceptors (Lipinski definition) is 7. The molecule has 1 aromatic heterocycles. The lowest BCUT2D eigenvalue weighted by Crippen LogP contribution is -2.31. The molecule has 2 aromatic rings. The summed E-state index contributed by atoms with van der Waals surface area (Å²) in [6.07, 6.45) is 6.50. The van der Waals surface area contributed by atoms with Crippen molar-refractivity contribution in [1.29, 1.82) is 0 Å². The van der Waals surface area contributed by atoms with E-state index >= 15 is 0 Å². The summed E-state index contributed by atoms with van der Waals surface area (Å²) >= 11 is 3.56. The van der Waals surface area contributed by atoms with Crippen molar-refractivity contribution in [3.63, 3.8) is 0 Å². The zero-order valence-electron chi connectivity index (χ0n) is 18.2. The van der Waals surface area contributed by atoms with Crippen LogP contribution in [-0.4, -0.2) is 50.9 Å². The molecule has 30 heavy (non-hydrogen) atoms. The predicted molar refractivity (Wildman–Crippen MR) is 125 cm³/mol. The number of anilines is 2. The van der Waals surface area contributed by atoms with Gasteiger partial charge in [-0.3, -0.25) is 0 Å². The van der Waals surface area contributed by atoms with Crippen LogP contribution in [0.15, 0.2) is 28.9 Å². The molecule has 0 saturated heterocycles. The minimum Gasteiger partial charge on any atom is -0.493 e. The van der Waals surface area contributed by atoms with Crippen molar-refractivity contribution in [3.05, 3.63) is 34.4 Å². The third-order valence-electron chi connectivity index (χ3n) is 5.53. The van der Waals surface area contributed by atoms with E-state index in [9.17, 15) is 0 Å². The van der Waals surface area contributed by atoms with Crippen LogP contribution in [0.3, 0.4) is 0 Å². The van der Waals surface area contributed by atoms with Crippen LogP contribution in [-0.2, 0) is 6.54 Å². The third-order valence-corrected chi connectivity index (χ3v) is 6.12. The fourth-order valence-electron chi connectivity index (χ4n) is 3.86. The lowest BCUT2D eigenvalue weighted by molar-refractivity contribution is 0.323. The van der Waals surface area contributed by atoms with E-state index in [2.05, 4.69) is 42.6 Å². The second kappa shape index (κ2) is 10.8. The van der Waals surface area contributed by atoms with Crippen LogP contribution in [0.25, 0.3) is 0 Å². The number of hydrogen-bond donors (Lipinski definition) is 2. The Bertz CT molecular complexity index is 825. The highest BCUT2D eigenvalue weighted by molar-refractivity contribution is 9.10. The van der Waals surface area contributed by atoms with E-state index in [1.807, 2.05) is 37.3 Å². The number of benzene rings is 1. The Morgan fingerprint density at radius 2 is 1.90 bits per heavy atom. The summed E-state index contributed by atoms with van der Waals surface area (Å²) in [5, 5.41) is 7.11. The van der Waals surface area contributed by atoms with Gasteiger partial charge in [0.1, 0.15) is 5.82 Å². The largest absolute Gasteiger partial charge is 0.493 e. The predicted octanol–water partition coefficient (Wildman–Crippen LogP) is 4.08. The van der Waals surface area contributed by atoms with E-state index in [1.165, 1.54) is 18.4 Å². The number of aromatic nitrogens is 2. The van der Waals surface area contributed by atoms with Gasteiger partial charge < -0.3 is 25.0 Å². The Kier molecular flexibility index (Phi) is 8.16. The van der Waals surface area contributed by atoms with Crippen molar-refractivity contribution < 1.29 is 9.47 Å². The number of nitrogens with one attached hydrogen (secondary N) is 2. The highest BCUT2D eigenvalue weighted by atomic mass is 79.9. The second-order valence-corrected chi connectivity index (χ2v) is 8.79. The average molecular weight is 478 g/mol. The molecular weight excluding hydrogens is 446 g/mol. The van der Waals surface area contributed by atoms with E-state index in [-0.39, 0.29) is 0 Å². The zero-order chi connectivity index (χ0) is 21.5. The first-order chi connectivity index (χ1) is 14.5. The first kappa shape index (κ1) is 22.6. The molecule has 0 aliphatic heterocycles. The van der Waals surface area contributed by atoms with Crippen molar-refractivity contribution in [3.8, 4) is 11.5 Å². The number of rotatable bonds is 9. The Morgan fingerprint density at radius 1 is 1.13 bits per heavy atom. The fourth-order valence-corrected chi connectivity index (χ4v) is 4.51. The molecule has 1 aliphatic rings. The van der Waals surface area contributed by atoms with Crippen molar-refractivity contribution in [2.45, 2.75) is 38.3 Å². The van der Waals surface area contributed by atoms with E-state index < -0.39 is 0 Å². The smallest absolute Gasteiger partial charge is 0.224 e. The number of ether oxygens (including phenoxy) is 2. The van der Waals surface area contributed by atoms with Crippen LogP contribution in [0.5, 0.6) is 11.5 Å². The van der Waals surface area contributed by atoms with Crippen LogP contribution >= 0.6 is 15.9 Å². The maximum atomic E-state index is 5.43. The molecule has 0 radical (unpaired) electrons. The van der Waals surface area contributed by atoms with Gasteiger partial charge in [-0.15, -0.1) is 0 Å². The number of nitrogens with zero attached hydrogens (tertiary/aromatic N) is 3. The normalized spacial score (nSPS) is 18.7. The summed E-state index contributed by atoms with van der Waals surface area (Å²) in [6, 6.07) is 6.47. The summed E-state index contributed by atoms with van der Waals surface area (Å²) in [6.45, 7) is 1.83. The van der Waals surface area contributed by atoms with Crippen LogP contribution in [0.1, 0.15) is 31.2 Å². The van der Waals surface area contributed by atoms with Crippen molar-refractivity contribution in [1.82, 2.24) is 15.3 Å². The monoisotopic (exact) mass is 477 g/mol. The molecule has 0 spiro atoms. The van der Waals surface area contributed by atoms with Gasteiger partial charge in [0, 0.05) is 32.9 Å². The molecule has 1 saturated carbocycles. The van der Waals surface area contributed by atoms with Crippen LogP contribution in [0, 0.1) is 5.92 Å². The highest BCUT2D eigenvalue weighted by Gasteiger charge is 2.21. The lowest BCUT2D eigenvalue weighted by Gasteiger charge is -2.29. The summed E-state index contributed by atoms with van der Waals surface area (Å²) in [4.78, 5) is 10.9. The molecule has 164 valence electrons. The van der Waals surface area contributed by atoms with Crippen molar-refractivity contribution >= 4 is 27.7 Å². The van der Waals surface area contributed by atoms with E-state index in [0.29, 0.717) is 12.0 Å². The lowest BCUT2D eigenvalue weighted by atomic mass is 9.86. The summed E-state index contributed by atoms with van der Waals surface area (Å²) in [5.41, 5.74) is 1.17. The van der Waals surface area contributed by atoms with Gasteiger partial charge in [0.05, 0.1) is 18.7 Å². The maximum absolute atomic E-state index is 5.43. The Hall–Kier alpha value is -2.06. The summed E-state index contributed by atoms with van der Waals surface area (Å²) < 4.78 is 11.7. The van der Waals surface area contributed by atoms with Crippen LogP contribution in [0.2, 0.25) is 0 Å². The number of halogens is 1. The van der Waals surface area contributed by atoms with Gasteiger partial charge in [0.15, 0.2) is 11.5 Å². The molecule has 1 fully saturated rings. The molecule has 1 heterocycles. The minimum absolute atomic E-state index is 0.445.